The molecule has 1 aromatic rings. The molecule has 1 N–H and O–H groups in total. The highest BCUT2D eigenvalue weighted by atomic mass is 16.2. The Bertz CT molecular complexity index is 433. The van der Waals surface area contributed by atoms with Crippen LogP contribution in [0.3, 0.4) is 0 Å². The highest BCUT2D eigenvalue weighted by molar-refractivity contribution is 5.89. The number of nitrogens with zero attached hydrogens (tertiary/aromatic N) is 2. The van der Waals surface area contributed by atoms with Gasteiger partial charge in [0.2, 0.25) is 11.8 Å². The standard InChI is InChI=1S/C13H17N3O2/c1-2-11-13(18)15-6-7-16(11)12(17)8-10-4-3-5-14-9-10/h3-5,9,11H,2,6-8H2,1H3,(H,15,18). The average molecular weight is 247 g/mol. The van der Waals surface area contributed by atoms with E-state index in [1.807, 2.05) is 19.1 Å². The molecule has 1 unspecified atom stereocenters. The van der Waals surface area contributed by atoms with Crippen molar-refractivity contribution in [3.8, 4) is 0 Å². The maximum atomic E-state index is 12.2. The Morgan fingerprint density at radius 2 is 2.44 bits per heavy atom. The molecule has 18 heavy (non-hydrogen) atoms. The summed E-state index contributed by atoms with van der Waals surface area (Å²) in [7, 11) is 0. The van der Waals surface area contributed by atoms with Crippen molar-refractivity contribution in [2.75, 3.05) is 13.1 Å². The summed E-state index contributed by atoms with van der Waals surface area (Å²) in [4.78, 5) is 29.5. The molecule has 2 amide bonds. The molecule has 0 radical (unpaired) electrons. The summed E-state index contributed by atoms with van der Waals surface area (Å²) >= 11 is 0. The molecule has 1 aliphatic rings. The molecule has 5 nitrogen and oxygen atoms in total. The molecule has 96 valence electrons. The Morgan fingerprint density at radius 3 is 3.11 bits per heavy atom. The van der Waals surface area contributed by atoms with Crippen LogP contribution in [-0.4, -0.2) is 40.8 Å². The molecule has 2 heterocycles. The predicted molar refractivity (Wildman–Crippen MR) is 66.7 cm³/mol. The third kappa shape index (κ3) is 2.67. The number of hydrogen-bond donors (Lipinski definition) is 1. The monoisotopic (exact) mass is 247 g/mol. The van der Waals surface area contributed by atoms with Crippen molar-refractivity contribution in [2.24, 2.45) is 0 Å². The van der Waals surface area contributed by atoms with Crippen molar-refractivity contribution >= 4 is 11.8 Å². The van der Waals surface area contributed by atoms with E-state index in [0.717, 1.165) is 5.56 Å². The molecule has 0 spiro atoms. The lowest BCUT2D eigenvalue weighted by Crippen LogP contribution is -2.57. The summed E-state index contributed by atoms with van der Waals surface area (Å²) < 4.78 is 0. The van der Waals surface area contributed by atoms with Gasteiger partial charge in [-0.1, -0.05) is 13.0 Å². The van der Waals surface area contributed by atoms with Crippen LogP contribution in [0.1, 0.15) is 18.9 Å². The third-order valence-corrected chi connectivity index (χ3v) is 3.12. The first-order valence-electron chi connectivity index (χ1n) is 6.18. The summed E-state index contributed by atoms with van der Waals surface area (Å²) in [6.07, 6.45) is 4.31. The van der Waals surface area contributed by atoms with Gasteiger partial charge < -0.3 is 10.2 Å². The summed E-state index contributed by atoms with van der Waals surface area (Å²) in [6.45, 7) is 3.04. The first-order valence-corrected chi connectivity index (χ1v) is 6.18. The van der Waals surface area contributed by atoms with Crippen molar-refractivity contribution in [1.82, 2.24) is 15.2 Å². The number of pyridine rings is 1. The minimum Gasteiger partial charge on any atom is -0.353 e. The van der Waals surface area contributed by atoms with Crippen LogP contribution in [0.15, 0.2) is 24.5 Å². The van der Waals surface area contributed by atoms with Gasteiger partial charge >= 0.3 is 0 Å². The van der Waals surface area contributed by atoms with Crippen molar-refractivity contribution in [2.45, 2.75) is 25.8 Å². The van der Waals surface area contributed by atoms with E-state index in [2.05, 4.69) is 10.3 Å². The minimum absolute atomic E-state index is 0.00954. The van der Waals surface area contributed by atoms with E-state index in [1.54, 1.807) is 17.3 Å². The number of amides is 2. The molecule has 0 aromatic carbocycles. The molecule has 5 heteroatoms. The van der Waals surface area contributed by atoms with Gasteiger partial charge in [-0.3, -0.25) is 14.6 Å². The summed E-state index contributed by atoms with van der Waals surface area (Å²) in [5.41, 5.74) is 0.878. The second-order valence-electron chi connectivity index (χ2n) is 4.34. The average Bonchev–Trinajstić information content (AvgIpc) is 2.39. The number of aromatic nitrogens is 1. The van der Waals surface area contributed by atoms with Gasteiger partial charge in [-0.25, -0.2) is 0 Å². The molecule has 0 aliphatic carbocycles. The van der Waals surface area contributed by atoms with Crippen molar-refractivity contribution < 1.29 is 9.59 Å². The first-order chi connectivity index (χ1) is 8.72. The normalized spacial score (nSPS) is 19.5. The van der Waals surface area contributed by atoms with Crippen LogP contribution in [0.5, 0.6) is 0 Å². The summed E-state index contributed by atoms with van der Waals surface area (Å²) in [5.74, 6) is -0.0620. The van der Waals surface area contributed by atoms with Crippen LogP contribution in [0, 0.1) is 0 Å². The maximum Gasteiger partial charge on any atom is 0.242 e. The minimum atomic E-state index is -0.331. The first kappa shape index (κ1) is 12.5. The SMILES string of the molecule is CCC1C(=O)NCCN1C(=O)Cc1cccnc1. The van der Waals surface area contributed by atoms with Crippen molar-refractivity contribution in [3.63, 3.8) is 0 Å². The quantitative estimate of drug-likeness (QED) is 0.839. The number of nitrogens with one attached hydrogen (secondary N) is 1. The van der Waals surface area contributed by atoms with Crippen LogP contribution in [0.4, 0.5) is 0 Å². The van der Waals surface area contributed by atoms with Crippen molar-refractivity contribution in [1.29, 1.82) is 0 Å². The highest BCUT2D eigenvalue weighted by Gasteiger charge is 2.31. The number of hydrogen-bond acceptors (Lipinski definition) is 3. The lowest BCUT2D eigenvalue weighted by molar-refractivity contribution is -0.142. The molecule has 1 aliphatic heterocycles. The van der Waals surface area contributed by atoms with E-state index in [1.165, 1.54) is 0 Å². The number of piperazine rings is 1. The fraction of sp³-hybridized carbons (Fsp3) is 0.462. The van der Waals surface area contributed by atoms with Gasteiger partial charge in [-0.2, -0.15) is 0 Å². The molecule has 1 atom stereocenters. The maximum absolute atomic E-state index is 12.2. The second-order valence-corrected chi connectivity index (χ2v) is 4.34. The van der Waals surface area contributed by atoms with E-state index in [4.69, 9.17) is 0 Å². The van der Waals surface area contributed by atoms with Crippen LogP contribution in [0.25, 0.3) is 0 Å². The highest BCUT2D eigenvalue weighted by Crippen LogP contribution is 2.11. The van der Waals surface area contributed by atoms with E-state index >= 15 is 0 Å². The van der Waals surface area contributed by atoms with Gasteiger partial charge in [-0.15, -0.1) is 0 Å². The molecule has 0 saturated carbocycles. The van der Waals surface area contributed by atoms with Gasteiger partial charge in [0.1, 0.15) is 6.04 Å². The zero-order valence-electron chi connectivity index (χ0n) is 10.4. The van der Waals surface area contributed by atoms with Crippen LogP contribution in [0.2, 0.25) is 0 Å². The third-order valence-electron chi connectivity index (χ3n) is 3.12. The topological polar surface area (TPSA) is 62.3 Å². The summed E-state index contributed by atoms with van der Waals surface area (Å²) in [6, 6.07) is 3.35. The molecule has 1 saturated heterocycles. The molecule has 2 rings (SSSR count). The van der Waals surface area contributed by atoms with Crippen LogP contribution in [-0.2, 0) is 16.0 Å². The number of rotatable bonds is 3. The second kappa shape index (κ2) is 5.62. The zero-order valence-corrected chi connectivity index (χ0v) is 10.4. The van der Waals surface area contributed by atoms with E-state index in [0.29, 0.717) is 25.9 Å². The Labute approximate surface area is 106 Å². The van der Waals surface area contributed by atoms with Gasteiger partial charge in [-0.05, 0) is 18.1 Å². The molecule has 1 fully saturated rings. The van der Waals surface area contributed by atoms with Crippen molar-refractivity contribution in [3.05, 3.63) is 30.1 Å². The van der Waals surface area contributed by atoms with Gasteiger partial charge in [0.15, 0.2) is 0 Å². The number of carbonyl (C=O) groups excluding carboxylic acids is 2. The summed E-state index contributed by atoms with van der Waals surface area (Å²) in [5, 5.41) is 2.79. The largest absolute Gasteiger partial charge is 0.353 e. The molecular formula is C13H17N3O2. The van der Waals surface area contributed by atoms with E-state index in [9.17, 15) is 9.59 Å². The fourth-order valence-electron chi connectivity index (χ4n) is 2.20. The smallest absolute Gasteiger partial charge is 0.242 e. The zero-order chi connectivity index (χ0) is 13.0. The Balaban J connectivity index is 2.05. The van der Waals surface area contributed by atoms with Crippen LogP contribution >= 0.6 is 0 Å². The van der Waals surface area contributed by atoms with Gasteiger partial charge in [0, 0.05) is 25.5 Å². The lowest BCUT2D eigenvalue weighted by Gasteiger charge is -2.34. The Morgan fingerprint density at radius 1 is 1.61 bits per heavy atom. The lowest BCUT2D eigenvalue weighted by atomic mass is 10.1. The molecule has 0 bridgehead atoms. The Hall–Kier alpha value is -1.91. The number of carbonyl (C=O) groups is 2. The fourth-order valence-corrected chi connectivity index (χ4v) is 2.20. The molecule has 1 aromatic heterocycles. The van der Waals surface area contributed by atoms with Crippen LogP contribution < -0.4 is 5.32 Å². The predicted octanol–water partition coefficient (Wildman–Crippen LogP) is 0.361. The Kier molecular flexibility index (Phi) is 3.92. The van der Waals surface area contributed by atoms with Gasteiger partial charge in [0.25, 0.3) is 0 Å². The van der Waals surface area contributed by atoms with E-state index < -0.39 is 0 Å². The molecular weight excluding hydrogens is 230 g/mol. The van der Waals surface area contributed by atoms with Gasteiger partial charge in [0.05, 0.1) is 6.42 Å². The van der Waals surface area contributed by atoms with E-state index in [-0.39, 0.29) is 17.9 Å².